The summed E-state index contributed by atoms with van der Waals surface area (Å²) in [5, 5.41) is 12.9. The lowest BCUT2D eigenvalue weighted by Crippen LogP contribution is -2.34. The molecule has 0 saturated carbocycles. The third-order valence-electron chi connectivity index (χ3n) is 3.67. The van der Waals surface area contributed by atoms with Crippen molar-refractivity contribution in [2.24, 2.45) is 13.0 Å². The second-order valence-electron chi connectivity index (χ2n) is 5.52. The van der Waals surface area contributed by atoms with Crippen LogP contribution in [0, 0.1) is 5.92 Å². The van der Waals surface area contributed by atoms with Gasteiger partial charge in [-0.05, 0) is 12.1 Å². The van der Waals surface area contributed by atoms with Crippen molar-refractivity contribution in [2.75, 3.05) is 23.3 Å². The van der Waals surface area contributed by atoms with Gasteiger partial charge in [-0.15, -0.1) is 5.10 Å². The van der Waals surface area contributed by atoms with Crippen LogP contribution in [0.3, 0.4) is 0 Å². The van der Waals surface area contributed by atoms with Gasteiger partial charge >= 0.3 is 6.03 Å². The molecular weight excluding hydrogens is 296 g/mol. The fourth-order valence-electron chi connectivity index (χ4n) is 2.58. The first-order chi connectivity index (χ1) is 11.1. The van der Waals surface area contributed by atoms with E-state index in [0.29, 0.717) is 25.3 Å². The maximum atomic E-state index is 12.1. The van der Waals surface area contributed by atoms with E-state index in [4.69, 9.17) is 0 Å². The number of rotatable bonds is 4. The predicted octanol–water partition coefficient (Wildman–Crippen LogP) is 0.990. The van der Waals surface area contributed by atoms with Crippen LogP contribution in [-0.2, 0) is 11.8 Å². The molecular formula is C15H18N6O2. The number of hydrogen-bond acceptors (Lipinski definition) is 4. The highest BCUT2D eigenvalue weighted by atomic mass is 16.2. The molecule has 1 fully saturated rings. The van der Waals surface area contributed by atoms with E-state index in [-0.39, 0.29) is 17.9 Å². The Morgan fingerprint density at radius 1 is 1.35 bits per heavy atom. The van der Waals surface area contributed by atoms with Crippen LogP contribution in [0.5, 0.6) is 0 Å². The van der Waals surface area contributed by atoms with Crippen LogP contribution >= 0.6 is 0 Å². The summed E-state index contributed by atoms with van der Waals surface area (Å²) in [7, 11) is 1.72. The van der Waals surface area contributed by atoms with Crippen LogP contribution in [0.1, 0.15) is 6.42 Å². The molecule has 8 heteroatoms. The van der Waals surface area contributed by atoms with Crippen LogP contribution in [0.15, 0.2) is 36.5 Å². The molecule has 1 saturated heterocycles. The maximum absolute atomic E-state index is 12.1. The normalized spacial score (nSPS) is 17.3. The van der Waals surface area contributed by atoms with Gasteiger partial charge in [0.25, 0.3) is 0 Å². The lowest BCUT2D eigenvalue weighted by atomic mass is 10.1. The Morgan fingerprint density at radius 2 is 2.13 bits per heavy atom. The van der Waals surface area contributed by atoms with E-state index < -0.39 is 0 Å². The van der Waals surface area contributed by atoms with Crippen LogP contribution < -0.4 is 15.5 Å². The number of aromatic nitrogens is 3. The molecule has 0 spiro atoms. The van der Waals surface area contributed by atoms with Crippen LogP contribution in [0.4, 0.5) is 16.3 Å². The third-order valence-corrected chi connectivity index (χ3v) is 3.67. The molecule has 2 heterocycles. The van der Waals surface area contributed by atoms with Gasteiger partial charge in [-0.25, -0.2) is 4.79 Å². The number of urea groups is 1. The van der Waals surface area contributed by atoms with Gasteiger partial charge in [0.2, 0.25) is 5.91 Å². The Kier molecular flexibility index (Phi) is 4.22. The van der Waals surface area contributed by atoms with Crippen molar-refractivity contribution >= 4 is 23.4 Å². The molecule has 0 aliphatic carbocycles. The average Bonchev–Trinajstić information content (AvgIpc) is 3.12. The number of hydrogen-bond donors (Lipinski definition) is 2. The van der Waals surface area contributed by atoms with E-state index in [1.165, 1.54) is 4.68 Å². The van der Waals surface area contributed by atoms with Gasteiger partial charge in [0.15, 0.2) is 5.82 Å². The summed E-state index contributed by atoms with van der Waals surface area (Å²) in [6, 6.07) is 9.20. The minimum Gasteiger partial charge on any atom is -0.337 e. The number of aryl methyl sites for hydroxylation is 1. The second kappa shape index (κ2) is 6.47. The molecule has 0 unspecified atom stereocenters. The topological polar surface area (TPSA) is 92.2 Å². The summed E-state index contributed by atoms with van der Waals surface area (Å²) in [4.78, 5) is 25.7. The second-order valence-corrected chi connectivity index (χ2v) is 5.52. The highest BCUT2D eigenvalue weighted by Gasteiger charge is 2.30. The van der Waals surface area contributed by atoms with Gasteiger partial charge in [0.05, 0.1) is 6.20 Å². The molecule has 3 rings (SSSR count). The van der Waals surface area contributed by atoms with Crippen LogP contribution in [0.2, 0.25) is 0 Å². The molecule has 2 N–H and O–H groups in total. The molecule has 1 aliphatic rings. The molecule has 1 aromatic carbocycles. The SMILES string of the molecule is Cn1cc(NC(=O)NC[C@H]2CC(=O)N(c3ccccc3)C2)nn1. The standard InChI is InChI=1S/C15H18N6O2/c1-20-10-13(18-19-20)17-15(23)16-8-11-7-14(22)21(9-11)12-5-3-2-4-6-12/h2-6,10-11H,7-9H2,1H3,(H2,16,17,23)/t11-/m1/s1. The zero-order chi connectivity index (χ0) is 16.2. The first kappa shape index (κ1) is 15.0. The fourth-order valence-corrected chi connectivity index (χ4v) is 2.58. The van der Waals surface area contributed by atoms with E-state index in [1.54, 1.807) is 18.1 Å². The molecule has 23 heavy (non-hydrogen) atoms. The van der Waals surface area contributed by atoms with E-state index in [9.17, 15) is 9.59 Å². The van der Waals surface area contributed by atoms with Crippen molar-refractivity contribution in [3.8, 4) is 0 Å². The number of benzene rings is 1. The third kappa shape index (κ3) is 3.65. The lowest BCUT2D eigenvalue weighted by Gasteiger charge is -2.16. The minimum atomic E-state index is -0.351. The zero-order valence-corrected chi connectivity index (χ0v) is 12.8. The van der Waals surface area contributed by atoms with Crippen LogP contribution in [-0.4, -0.2) is 40.0 Å². The number of carbonyl (C=O) groups excluding carboxylic acids is 2. The van der Waals surface area contributed by atoms with Gasteiger partial charge in [0, 0.05) is 38.2 Å². The molecule has 1 atom stereocenters. The van der Waals surface area contributed by atoms with Gasteiger partial charge in [-0.2, -0.15) is 0 Å². The Morgan fingerprint density at radius 3 is 2.83 bits per heavy atom. The van der Waals surface area contributed by atoms with Crippen molar-refractivity contribution in [3.05, 3.63) is 36.5 Å². The van der Waals surface area contributed by atoms with Crippen molar-refractivity contribution < 1.29 is 9.59 Å². The molecule has 0 bridgehead atoms. The molecule has 1 aliphatic heterocycles. The summed E-state index contributed by atoms with van der Waals surface area (Å²) in [6.07, 6.45) is 2.04. The molecule has 0 radical (unpaired) electrons. The summed E-state index contributed by atoms with van der Waals surface area (Å²) in [6.45, 7) is 1.04. The minimum absolute atomic E-state index is 0.0809. The largest absolute Gasteiger partial charge is 0.337 e. The summed E-state index contributed by atoms with van der Waals surface area (Å²) < 4.78 is 1.50. The summed E-state index contributed by atoms with van der Waals surface area (Å²) in [5.74, 6) is 0.561. The smallest absolute Gasteiger partial charge is 0.320 e. The van der Waals surface area contributed by atoms with E-state index in [2.05, 4.69) is 20.9 Å². The maximum Gasteiger partial charge on any atom is 0.320 e. The number of nitrogens with zero attached hydrogens (tertiary/aromatic N) is 4. The van der Waals surface area contributed by atoms with Crippen molar-refractivity contribution in [3.63, 3.8) is 0 Å². The number of para-hydroxylation sites is 1. The fraction of sp³-hybridized carbons (Fsp3) is 0.333. The first-order valence-electron chi connectivity index (χ1n) is 7.38. The lowest BCUT2D eigenvalue weighted by molar-refractivity contribution is -0.117. The number of carbonyl (C=O) groups is 2. The van der Waals surface area contributed by atoms with Gasteiger partial charge < -0.3 is 10.2 Å². The molecule has 2 aromatic rings. The number of anilines is 2. The highest BCUT2D eigenvalue weighted by molar-refractivity contribution is 5.95. The van der Waals surface area contributed by atoms with Gasteiger partial charge in [0.1, 0.15) is 0 Å². The summed E-state index contributed by atoms with van der Waals surface area (Å²) >= 11 is 0. The van der Waals surface area contributed by atoms with Crippen LogP contribution in [0.25, 0.3) is 0 Å². The Bertz CT molecular complexity index is 699. The quantitative estimate of drug-likeness (QED) is 0.880. The van der Waals surface area contributed by atoms with Crippen molar-refractivity contribution in [1.82, 2.24) is 20.3 Å². The zero-order valence-electron chi connectivity index (χ0n) is 12.8. The first-order valence-corrected chi connectivity index (χ1v) is 7.38. The monoisotopic (exact) mass is 314 g/mol. The summed E-state index contributed by atoms with van der Waals surface area (Å²) in [5.41, 5.74) is 0.893. The van der Waals surface area contributed by atoms with E-state index >= 15 is 0 Å². The van der Waals surface area contributed by atoms with Gasteiger partial charge in [-0.3, -0.25) is 14.8 Å². The molecule has 3 amide bonds. The Labute approximate surface area is 133 Å². The van der Waals surface area contributed by atoms with Crippen molar-refractivity contribution in [1.29, 1.82) is 0 Å². The number of nitrogens with one attached hydrogen (secondary N) is 2. The Hall–Kier alpha value is -2.90. The number of amides is 3. The molecule has 1 aromatic heterocycles. The highest BCUT2D eigenvalue weighted by Crippen LogP contribution is 2.24. The van der Waals surface area contributed by atoms with E-state index in [0.717, 1.165) is 5.69 Å². The predicted molar refractivity (Wildman–Crippen MR) is 84.9 cm³/mol. The Balaban J connectivity index is 1.50. The molecule has 120 valence electrons. The van der Waals surface area contributed by atoms with Crippen molar-refractivity contribution in [2.45, 2.75) is 6.42 Å². The average molecular weight is 314 g/mol. The van der Waals surface area contributed by atoms with Gasteiger partial charge in [-0.1, -0.05) is 23.4 Å². The molecule has 8 nitrogen and oxygen atoms in total. The van der Waals surface area contributed by atoms with E-state index in [1.807, 2.05) is 30.3 Å².